The zero-order valence-corrected chi connectivity index (χ0v) is 14.8. The fraction of sp³-hybridized carbons (Fsp3) is 0.368. The van der Waals surface area contributed by atoms with Crippen molar-refractivity contribution in [1.29, 1.82) is 0 Å². The van der Waals surface area contributed by atoms with Gasteiger partial charge in [0, 0.05) is 42.5 Å². The molecule has 0 radical (unpaired) electrons. The van der Waals surface area contributed by atoms with E-state index in [0.29, 0.717) is 11.7 Å². The number of H-pyrrole nitrogens is 1. The van der Waals surface area contributed by atoms with Crippen LogP contribution in [-0.4, -0.2) is 58.1 Å². The van der Waals surface area contributed by atoms with Crippen LogP contribution in [0.2, 0.25) is 0 Å². The fourth-order valence-corrected chi connectivity index (χ4v) is 4.79. The van der Waals surface area contributed by atoms with Crippen LogP contribution in [0.25, 0.3) is 21.3 Å². The van der Waals surface area contributed by atoms with Gasteiger partial charge in [-0.15, -0.1) is 11.3 Å². The van der Waals surface area contributed by atoms with Crippen molar-refractivity contribution < 1.29 is 4.79 Å². The third-order valence-corrected chi connectivity index (χ3v) is 6.41. The number of rotatable bonds is 2. The van der Waals surface area contributed by atoms with Crippen LogP contribution >= 0.6 is 11.3 Å². The van der Waals surface area contributed by atoms with Gasteiger partial charge in [-0.3, -0.25) is 9.89 Å². The number of carbonyl (C=O) groups is 1. The minimum Gasteiger partial charge on any atom is -0.333 e. The van der Waals surface area contributed by atoms with Crippen molar-refractivity contribution in [1.82, 2.24) is 20.0 Å². The number of hydrogen-bond acceptors (Lipinski definition) is 4. The number of piperidine rings is 1. The van der Waals surface area contributed by atoms with Crippen LogP contribution in [-0.2, 0) is 0 Å². The predicted octanol–water partition coefficient (Wildman–Crippen LogP) is 3.21. The fourth-order valence-electron chi connectivity index (χ4n) is 4.07. The standard InChI is InChI=1S/C19H20N4OS/c24-19(23-10-9-22-7-5-14(23)6-8-22)18-15-4-3-13(12-16(15)20-21-18)17-2-1-11-25-17/h1-4,11-12,14H,5-10H2,(H,20,21). The molecule has 3 aromatic rings. The molecule has 0 unspecified atom stereocenters. The number of hydrogen-bond donors (Lipinski definition) is 1. The van der Waals surface area contributed by atoms with Crippen LogP contribution in [0.5, 0.6) is 0 Å². The normalized spacial score (nSPS) is 23.1. The maximum atomic E-state index is 13.2. The van der Waals surface area contributed by atoms with Gasteiger partial charge in [0.2, 0.25) is 0 Å². The number of aromatic amines is 1. The van der Waals surface area contributed by atoms with E-state index in [-0.39, 0.29) is 5.91 Å². The minimum absolute atomic E-state index is 0.0730. The lowest BCUT2D eigenvalue weighted by atomic mass is 10.0. The first-order chi connectivity index (χ1) is 12.3. The summed E-state index contributed by atoms with van der Waals surface area (Å²) in [6.45, 7) is 4.01. The Morgan fingerprint density at radius 3 is 2.84 bits per heavy atom. The van der Waals surface area contributed by atoms with Gasteiger partial charge in [0.05, 0.1) is 5.52 Å². The Labute approximate surface area is 150 Å². The van der Waals surface area contributed by atoms with Crippen molar-refractivity contribution in [2.24, 2.45) is 0 Å². The van der Waals surface area contributed by atoms with Crippen LogP contribution < -0.4 is 0 Å². The van der Waals surface area contributed by atoms with E-state index in [1.807, 2.05) is 6.07 Å². The zero-order valence-electron chi connectivity index (χ0n) is 13.9. The average molecular weight is 352 g/mol. The molecule has 0 spiro atoms. The van der Waals surface area contributed by atoms with Gasteiger partial charge in [0.25, 0.3) is 5.91 Å². The van der Waals surface area contributed by atoms with Crippen molar-refractivity contribution in [3.8, 4) is 10.4 Å². The minimum atomic E-state index is 0.0730. The first-order valence-corrected chi connectivity index (χ1v) is 9.73. The number of fused-ring (bicyclic) bond motifs is 5. The molecule has 1 aromatic carbocycles. The highest BCUT2D eigenvalue weighted by molar-refractivity contribution is 7.13. The van der Waals surface area contributed by atoms with E-state index in [0.717, 1.165) is 55.5 Å². The van der Waals surface area contributed by atoms with Gasteiger partial charge in [-0.25, -0.2) is 0 Å². The monoisotopic (exact) mass is 352 g/mol. The second-order valence-electron chi connectivity index (χ2n) is 6.88. The van der Waals surface area contributed by atoms with Crippen molar-refractivity contribution in [3.63, 3.8) is 0 Å². The molecule has 5 heterocycles. The molecule has 0 aliphatic carbocycles. The van der Waals surface area contributed by atoms with Crippen LogP contribution in [0.1, 0.15) is 23.3 Å². The second-order valence-corrected chi connectivity index (χ2v) is 7.83. The maximum absolute atomic E-state index is 13.2. The summed E-state index contributed by atoms with van der Waals surface area (Å²) in [5.41, 5.74) is 2.65. The van der Waals surface area contributed by atoms with Gasteiger partial charge in [0.15, 0.2) is 5.69 Å². The molecule has 2 bridgehead atoms. The van der Waals surface area contributed by atoms with Gasteiger partial charge >= 0.3 is 0 Å². The number of nitrogens with one attached hydrogen (secondary N) is 1. The zero-order chi connectivity index (χ0) is 16.8. The molecule has 128 valence electrons. The predicted molar refractivity (Wildman–Crippen MR) is 99.9 cm³/mol. The Bertz CT molecular complexity index is 909. The van der Waals surface area contributed by atoms with Gasteiger partial charge in [-0.2, -0.15) is 5.10 Å². The summed E-state index contributed by atoms with van der Waals surface area (Å²) in [4.78, 5) is 18.9. The lowest BCUT2D eigenvalue weighted by molar-refractivity contribution is 0.0681. The first-order valence-electron chi connectivity index (χ1n) is 8.85. The molecular formula is C19H20N4OS. The van der Waals surface area contributed by atoms with Crippen molar-refractivity contribution in [3.05, 3.63) is 41.4 Å². The van der Waals surface area contributed by atoms with Gasteiger partial charge < -0.3 is 9.80 Å². The number of carbonyl (C=O) groups excluding carboxylic acids is 1. The Balaban J connectivity index is 1.49. The highest BCUT2D eigenvalue weighted by Crippen LogP contribution is 2.29. The highest BCUT2D eigenvalue weighted by Gasteiger charge is 2.33. The topological polar surface area (TPSA) is 52.2 Å². The van der Waals surface area contributed by atoms with Crippen LogP contribution in [0.15, 0.2) is 35.7 Å². The second kappa shape index (κ2) is 5.97. The number of benzene rings is 1. The van der Waals surface area contributed by atoms with Crippen LogP contribution in [0.3, 0.4) is 0 Å². The summed E-state index contributed by atoms with van der Waals surface area (Å²) in [6, 6.07) is 10.7. The molecule has 0 saturated carbocycles. The molecule has 3 aliphatic heterocycles. The average Bonchev–Trinajstić information content (AvgIpc) is 3.23. The third kappa shape index (κ3) is 2.56. The Hall–Kier alpha value is -2.18. The molecule has 3 fully saturated rings. The molecule has 6 heteroatoms. The third-order valence-electron chi connectivity index (χ3n) is 5.49. The summed E-state index contributed by atoms with van der Waals surface area (Å²) >= 11 is 1.72. The number of amides is 1. The summed E-state index contributed by atoms with van der Waals surface area (Å²) in [6.07, 6.45) is 2.16. The molecule has 3 saturated heterocycles. The van der Waals surface area contributed by atoms with E-state index < -0.39 is 0 Å². The molecule has 2 aromatic heterocycles. The lowest BCUT2D eigenvalue weighted by Gasteiger charge is -2.31. The Morgan fingerprint density at radius 2 is 2.04 bits per heavy atom. The maximum Gasteiger partial charge on any atom is 0.275 e. The largest absolute Gasteiger partial charge is 0.333 e. The van der Waals surface area contributed by atoms with Crippen LogP contribution in [0.4, 0.5) is 0 Å². The number of aromatic nitrogens is 2. The van der Waals surface area contributed by atoms with E-state index in [1.165, 1.54) is 4.88 Å². The molecular weight excluding hydrogens is 332 g/mol. The van der Waals surface area contributed by atoms with E-state index >= 15 is 0 Å². The van der Waals surface area contributed by atoms with Crippen molar-refractivity contribution in [2.75, 3.05) is 26.2 Å². The quantitative estimate of drug-likeness (QED) is 0.770. The van der Waals surface area contributed by atoms with Gasteiger partial charge in [-0.05, 0) is 42.0 Å². The SMILES string of the molecule is O=C(c1n[nH]c2cc(-c3cccs3)ccc12)N1CCN2CCC1CC2. The van der Waals surface area contributed by atoms with Crippen LogP contribution in [0, 0.1) is 0 Å². The van der Waals surface area contributed by atoms with Crippen molar-refractivity contribution >= 4 is 28.1 Å². The molecule has 3 aliphatic rings. The number of nitrogens with zero attached hydrogens (tertiary/aromatic N) is 3. The smallest absolute Gasteiger partial charge is 0.275 e. The summed E-state index contributed by atoms with van der Waals surface area (Å²) in [5, 5.41) is 10.4. The summed E-state index contributed by atoms with van der Waals surface area (Å²) in [7, 11) is 0. The van der Waals surface area contributed by atoms with E-state index in [4.69, 9.17) is 0 Å². The Kier molecular flexibility index (Phi) is 3.60. The molecule has 6 rings (SSSR count). The van der Waals surface area contributed by atoms with E-state index in [2.05, 4.69) is 49.6 Å². The van der Waals surface area contributed by atoms with E-state index in [9.17, 15) is 4.79 Å². The summed E-state index contributed by atoms with van der Waals surface area (Å²) in [5.74, 6) is 0.0730. The number of thiophene rings is 1. The first kappa shape index (κ1) is 15.1. The van der Waals surface area contributed by atoms with Gasteiger partial charge in [0.1, 0.15) is 0 Å². The molecule has 0 atom stereocenters. The molecule has 1 N–H and O–H groups in total. The molecule has 1 amide bonds. The van der Waals surface area contributed by atoms with Gasteiger partial charge in [-0.1, -0.05) is 12.1 Å². The highest BCUT2D eigenvalue weighted by atomic mass is 32.1. The summed E-state index contributed by atoms with van der Waals surface area (Å²) < 4.78 is 0. The Morgan fingerprint density at radius 1 is 1.16 bits per heavy atom. The van der Waals surface area contributed by atoms with E-state index in [1.54, 1.807) is 11.3 Å². The molecule has 5 nitrogen and oxygen atoms in total. The lowest BCUT2D eigenvalue weighted by Crippen LogP contribution is -2.41. The van der Waals surface area contributed by atoms with Crippen molar-refractivity contribution in [2.45, 2.75) is 18.9 Å². The molecule has 25 heavy (non-hydrogen) atoms.